The second-order valence-corrected chi connectivity index (χ2v) is 10.4. The molecule has 3 heterocycles. The van der Waals surface area contributed by atoms with Crippen LogP contribution in [0.5, 0.6) is 23.0 Å². The van der Waals surface area contributed by atoms with Crippen LogP contribution in [0.25, 0.3) is 22.0 Å². The molecule has 10 nitrogen and oxygen atoms in total. The monoisotopic (exact) mass is 568 g/mol. The lowest BCUT2D eigenvalue weighted by Crippen LogP contribution is -2.37. The standard InChI is InChI=1S/C32H28N2O8/c1-38-24-14-20-23(17-27(24)42-32(37)19-6-3-2-4-7-19)31(36)34(9-5-8-33-10-12-39-13-11-33)29-21-15-25-26(41-18-40-25)16-22(21)30(35)28(20)29/h2-4,6-7,14-17H,5,8-13,18H2,1H3. The number of ether oxygens (including phenoxy) is 5. The number of carbonyl (C=O) groups is 2. The Morgan fingerprint density at radius 1 is 0.881 bits per heavy atom. The van der Waals surface area contributed by atoms with Gasteiger partial charge in [0.2, 0.25) is 6.79 Å². The molecule has 1 saturated heterocycles. The third-order valence-corrected chi connectivity index (χ3v) is 7.97. The first-order valence-electron chi connectivity index (χ1n) is 13.9. The second-order valence-electron chi connectivity index (χ2n) is 10.4. The Morgan fingerprint density at radius 2 is 1.60 bits per heavy atom. The fourth-order valence-corrected chi connectivity index (χ4v) is 5.89. The van der Waals surface area contributed by atoms with E-state index in [0.29, 0.717) is 71.0 Å². The van der Waals surface area contributed by atoms with Crippen molar-refractivity contribution in [2.24, 2.45) is 0 Å². The molecule has 10 heteroatoms. The average molecular weight is 569 g/mol. The average Bonchev–Trinajstić information content (AvgIpc) is 3.60. The lowest BCUT2D eigenvalue weighted by atomic mass is 10.0. The number of methoxy groups -OCH3 is 1. The van der Waals surface area contributed by atoms with Gasteiger partial charge in [-0.3, -0.25) is 14.5 Å². The van der Waals surface area contributed by atoms with Crippen LogP contribution in [0.2, 0.25) is 0 Å². The highest BCUT2D eigenvalue weighted by molar-refractivity contribution is 6.27. The molecule has 1 aromatic heterocycles. The number of esters is 1. The molecular formula is C32H28N2O8. The Labute approximate surface area is 240 Å². The fraction of sp³-hybridized carbons (Fsp3) is 0.281. The van der Waals surface area contributed by atoms with Gasteiger partial charge in [-0.25, -0.2) is 4.79 Å². The van der Waals surface area contributed by atoms with Crippen LogP contribution in [0.3, 0.4) is 0 Å². The van der Waals surface area contributed by atoms with Gasteiger partial charge in [-0.15, -0.1) is 0 Å². The van der Waals surface area contributed by atoms with E-state index < -0.39 is 5.97 Å². The lowest BCUT2D eigenvalue weighted by molar-refractivity contribution is 0.0369. The van der Waals surface area contributed by atoms with Crippen LogP contribution in [0.4, 0.5) is 0 Å². The largest absolute Gasteiger partial charge is 0.493 e. The van der Waals surface area contributed by atoms with Gasteiger partial charge in [-0.1, -0.05) is 18.2 Å². The summed E-state index contributed by atoms with van der Waals surface area (Å²) >= 11 is 0. The highest BCUT2D eigenvalue weighted by Crippen LogP contribution is 2.47. The molecule has 214 valence electrons. The van der Waals surface area contributed by atoms with Crippen molar-refractivity contribution in [2.45, 2.75) is 13.0 Å². The summed E-state index contributed by atoms with van der Waals surface area (Å²) in [6.07, 6.45) is 0.692. The number of carbonyl (C=O) groups excluding carboxylic acids is 2. The van der Waals surface area contributed by atoms with E-state index in [1.165, 1.54) is 13.2 Å². The van der Waals surface area contributed by atoms with Crippen molar-refractivity contribution in [3.8, 4) is 34.3 Å². The minimum atomic E-state index is -0.585. The van der Waals surface area contributed by atoms with Crippen molar-refractivity contribution >= 4 is 22.5 Å². The number of aromatic nitrogens is 1. The Kier molecular flexibility index (Phi) is 6.64. The van der Waals surface area contributed by atoms with Gasteiger partial charge in [-0.2, -0.15) is 0 Å². The maximum atomic E-state index is 14.2. The molecule has 0 bridgehead atoms. The molecule has 0 spiro atoms. The van der Waals surface area contributed by atoms with Gasteiger partial charge in [0.1, 0.15) is 0 Å². The smallest absolute Gasteiger partial charge is 0.343 e. The van der Waals surface area contributed by atoms with E-state index in [2.05, 4.69) is 4.90 Å². The Balaban J connectivity index is 1.36. The molecule has 0 saturated carbocycles. The zero-order valence-electron chi connectivity index (χ0n) is 23.0. The summed E-state index contributed by atoms with van der Waals surface area (Å²) in [6, 6.07) is 15.1. The number of morpholine rings is 1. The summed E-state index contributed by atoms with van der Waals surface area (Å²) in [5.41, 5.74) is 2.09. The molecule has 3 aliphatic rings. The number of fused-ring (bicyclic) bond motifs is 6. The van der Waals surface area contributed by atoms with Gasteiger partial charge in [0.05, 0.1) is 42.5 Å². The van der Waals surface area contributed by atoms with E-state index in [0.717, 1.165) is 19.6 Å². The maximum Gasteiger partial charge on any atom is 0.343 e. The quantitative estimate of drug-likeness (QED) is 0.214. The molecular weight excluding hydrogens is 540 g/mol. The van der Waals surface area contributed by atoms with Gasteiger partial charge >= 0.3 is 5.97 Å². The van der Waals surface area contributed by atoms with Crippen molar-refractivity contribution in [2.75, 3.05) is 46.8 Å². The predicted octanol–water partition coefficient (Wildman–Crippen LogP) is 3.89. The molecule has 0 atom stereocenters. The maximum absolute atomic E-state index is 14.2. The van der Waals surface area contributed by atoms with E-state index in [-0.39, 0.29) is 35.0 Å². The van der Waals surface area contributed by atoms with Crippen LogP contribution < -0.4 is 24.5 Å². The van der Waals surface area contributed by atoms with E-state index in [1.54, 1.807) is 53.1 Å². The predicted molar refractivity (Wildman–Crippen MR) is 153 cm³/mol. The topological polar surface area (TPSA) is 106 Å². The van der Waals surface area contributed by atoms with Gasteiger partial charge < -0.3 is 28.3 Å². The first-order valence-corrected chi connectivity index (χ1v) is 13.9. The Hall–Kier alpha value is -4.67. The molecule has 1 fully saturated rings. The van der Waals surface area contributed by atoms with Crippen molar-refractivity contribution in [3.63, 3.8) is 0 Å². The molecule has 0 unspecified atom stereocenters. The minimum absolute atomic E-state index is 0.0744. The SMILES string of the molecule is COc1cc2c3c(n(CCCN4CCOCC4)c(=O)c2cc1OC(=O)c1ccccc1)-c1cc2c(cc1C3=O)OCO2. The highest BCUT2D eigenvalue weighted by Gasteiger charge is 2.36. The first kappa shape index (κ1) is 26.2. The van der Waals surface area contributed by atoms with E-state index >= 15 is 0 Å². The summed E-state index contributed by atoms with van der Waals surface area (Å²) in [4.78, 5) is 43.4. The van der Waals surface area contributed by atoms with Crippen LogP contribution in [0.1, 0.15) is 32.7 Å². The van der Waals surface area contributed by atoms with Crippen LogP contribution in [-0.4, -0.2) is 68.0 Å². The first-order chi connectivity index (χ1) is 20.5. The number of hydrogen-bond donors (Lipinski definition) is 0. The number of benzene rings is 3. The Morgan fingerprint density at radius 3 is 2.33 bits per heavy atom. The number of rotatable bonds is 7. The molecule has 42 heavy (non-hydrogen) atoms. The van der Waals surface area contributed by atoms with E-state index in [4.69, 9.17) is 23.7 Å². The number of hydrogen-bond acceptors (Lipinski definition) is 9. The van der Waals surface area contributed by atoms with Gasteiger partial charge in [0.15, 0.2) is 28.8 Å². The highest BCUT2D eigenvalue weighted by atomic mass is 16.7. The summed E-state index contributed by atoms with van der Waals surface area (Å²) in [5.74, 6) is 0.547. The van der Waals surface area contributed by atoms with Crippen LogP contribution in [0, 0.1) is 0 Å². The number of pyridine rings is 1. The zero-order valence-corrected chi connectivity index (χ0v) is 23.0. The minimum Gasteiger partial charge on any atom is -0.493 e. The third-order valence-electron chi connectivity index (χ3n) is 7.97. The molecule has 0 N–H and O–H groups in total. The third kappa shape index (κ3) is 4.40. The van der Waals surface area contributed by atoms with Crippen molar-refractivity contribution in [1.29, 1.82) is 0 Å². The van der Waals surface area contributed by atoms with Gasteiger partial charge in [-0.05, 0) is 42.8 Å². The molecule has 7 rings (SSSR count). The number of nitrogens with zero attached hydrogens (tertiary/aromatic N) is 2. The van der Waals surface area contributed by atoms with E-state index in [1.807, 2.05) is 0 Å². The normalized spacial score (nSPS) is 15.5. The Bertz CT molecular complexity index is 1790. The van der Waals surface area contributed by atoms with Crippen LogP contribution in [0.15, 0.2) is 59.4 Å². The second kappa shape index (κ2) is 10.6. The van der Waals surface area contributed by atoms with Crippen molar-refractivity contribution in [3.05, 3.63) is 81.6 Å². The van der Waals surface area contributed by atoms with Gasteiger partial charge in [0.25, 0.3) is 5.56 Å². The van der Waals surface area contributed by atoms with E-state index in [9.17, 15) is 14.4 Å². The molecule has 2 aliphatic heterocycles. The molecule has 3 aromatic carbocycles. The summed E-state index contributed by atoms with van der Waals surface area (Å²) < 4.78 is 29.6. The van der Waals surface area contributed by atoms with Crippen LogP contribution >= 0.6 is 0 Å². The summed E-state index contributed by atoms with van der Waals surface area (Å²) in [6.45, 7) is 4.30. The molecule has 4 aromatic rings. The zero-order chi connectivity index (χ0) is 28.8. The fourth-order valence-electron chi connectivity index (χ4n) is 5.89. The molecule has 0 radical (unpaired) electrons. The number of ketones is 1. The van der Waals surface area contributed by atoms with Crippen molar-refractivity contribution < 1.29 is 33.3 Å². The lowest BCUT2D eigenvalue weighted by Gasteiger charge is -2.26. The van der Waals surface area contributed by atoms with Crippen LogP contribution in [-0.2, 0) is 11.3 Å². The molecule has 0 amide bonds. The van der Waals surface area contributed by atoms with Gasteiger partial charge in [0, 0.05) is 42.7 Å². The molecule has 1 aliphatic carbocycles. The van der Waals surface area contributed by atoms with Crippen molar-refractivity contribution in [1.82, 2.24) is 9.47 Å². The summed E-state index contributed by atoms with van der Waals surface area (Å²) in [7, 11) is 1.45. The summed E-state index contributed by atoms with van der Waals surface area (Å²) in [5, 5.41) is 0.692.